The van der Waals surface area contributed by atoms with Gasteiger partial charge in [0.15, 0.2) is 0 Å². The standard InChI is InChI=1S/C11H11ClF2/c12-6-9-5-8(11(13)14)3-4-10(9)7-1-2-7/h3-5,7,11H,1-2,6H2. The van der Waals surface area contributed by atoms with Crippen LogP contribution in [0.25, 0.3) is 0 Å². The summed E-state index contributed by atoms with van der Waals surface area (Å²) in [6.07, 6.45) is -0.0688. The topological polar surface area (TPSA) is 0 Å². The smallest absolute Gasteiger partial charge is 0.205 e. The largest absolute Gasteiger partial charge is 0.263 e. The summed E-state index contributed by atoms with van der Waals surface area (Å²) in [4.78, 5) is 0. The minimum atomic E-state index is -2.40. The summed E-state index contributed by atoms with van der Waals surface area (Å²) in [6, 6.07) is 4.84. The van der Waals surface area contributed by atoms with E-state index in [1.807, 2.05) is 0 Å². The second-order valence-electron chi connectivity index (χ2n) is 3.67. The molecule has 1 aliphatic carbocycles. The van der Waals surface area contributed by atoms with Crippen molar-refractivity contribution in [3.8, 4) is 0 Å². The second-order valence-corrected chi connectivity index (χ2v) is 3.93. The van der Waals surface area contributed by atoms with Crippen molar-refractivity contribution in [1.29, 1.82) is 0 Å². The highest BCUT2D eigenvalue weighted by Gasteiger charge is 2.26. The fourth-order valence-electron chi connectivity index (χ4n) is 1.67. The minimum Gasteiger partial charge on any atom is -0.205 e. The van der Waals surface area contributed by atoms with E-state index < -0.39 is 6.43 Å². The van der Waals surface area contributed by atoms with Crippen molar-refractivity contribution in [3.05, 3.63) is 34.9 Å². The van der Waals surface area contributed by atoms with Gasteiger partial charge in [0.2, 0.25) is 0 Å². The van der Waals surface area contributed by atoms with Crippen LogP contribution >= 0.6 is 11.6 Å². The second kappa shape index (κ2) is 3.85. The summed E-state index contributed by atoms with van der Waals surface area (Å²) in [5, 5.41) is 0. The lowest BCUT2D eigenvalue weighted by Gasteiger charge is -2.08. The fourth-order valence-corrected chi connectivity index (χ4v) is 1.90. The summed E-state index contributed by atoms with van der Waals surface area (Å²) in [7, 11) is 0. The van der Waals surface area contributed by atoms with Crippen molar-refractivity contribution in [2.45, 2.75) is 31.1 Å². The first-order valence-corrected chi connectivity index (χ1v) is 5.22. The summed E-state index contributed by atoms with van der Waals surface area (Å²) in [5.41, 5.74) is 2.10. The zero-order chi connectivity index (χ0) is 10.1. The zero-order valence-corrected chi connectivity index (χ0v) is 8.40. The number of rotatable bonds is 3. The van der Waals surface area contributed by atoms with Gasteiger partial charge in [-0.1, -0.05) is 12.1 Å². The lowest BCUT2D eigenvalue weighted by atomic mass is 10.0. The first-order valence-electron chi connectivity index (χ1n) is 4.69. The molecule has 0 aliphatic heterocycles. The Morgan fingerprint density at radius 2 is 2.07 bits per heavy atom. The molecule has 0 radical (unpaired) electrons. The third-order valence-electron chi connectivity index (χ3n) is 2.58. The van der Waals surface area contributed by atoms with Crippen molar-refractivity contribution in [3.63, 3.8) is 0 Å². The van der Waals surface area contributed by atoms with Crippen LogP contribution in [0.15, 0.2) is 18.2 Å². The highest BCUT2D eigenvalue weighted by Crippen LogP contribution is 2.42. The van der Waals surface area contributed by atoms with Gasteiger partial charge in [0.25, 0.3) is 6.43 Å². The van der Waals surface area contributed by atoms with E-state index in [-0.39, 0.29) is 5.56 Å². The molecule has 0 unspecified atom stereocenters. The molecule has 2 rings (SSSR count). The van der Waals surface area contributed by atoms with Crippen molar-refractivity contribution in [2.24, 2.45) is 0 Å². The summed E-state index contributed by atoms with van der Waals surface area (Å²) < 4.78 is 24.8. The molecular weight excluding hydrogens is 206 g/mol. The Morgan fingerprint density at radius 1 is 1.36 bits per heavy atom. The fraction of sp³-hybridized carbons (Fsp3) is 0.455. The van der Waals surface area contributed by atoms with E-state index >= 15 is 0 Å². The number of alkyl halides is 3. The molecule has 0 saturated heterocycles. The van der Waals surface area contributed by atoms with Crippen LogP contribution in [0.2, 0.25) is 0 Å². The number of halogens is 3. The van der Waals surface area contributed by atoms with Crippen LogP contribution in [0.1, 0.15) is 41.9 Å². The van der Waals surface area contributed by atoms with Gasteiger partial charge in [-0.3, -0.25) is 0 Å². The summed E-state index contributed by atoms with van der Waals surface area (Å²) in [6.45, 7) is 0. The summed E-state index contributed by atoms with van der Waals surface area (Å²) in [5.74, 6) is 0.891. The Balaban J connectivity index is 2.34. The van der Waals surface area contributed by atoms with Gasteiger partial charge in [-0.2, -0.15) is 0 Å². The van der Waals surface area contributed by atoms with Crippen LogP contribution in [0.4, 0.5) is 8.78 Å². The lowest BCUT2D eigenvalue weighted by Crippen LogP contribution is -1.93. The van der Waals surface area contributed by atoms with E-state index in [4.69, 9.17) is 11.6 Å². The third-order valence-corrected chi connectivity index (χ3v) is 2.87. The van der Waals surface area contributed by atoms with Gasteiger partial charge in [-0.05, 0) is 36.0 Å². The molecule has 0 bridgehead atoms. The van der Waals surface area contributed by atoms with Gasteiger partial charge in [0, 0.05) is 11.4 Å². The average Bonchev–Trinajstić information content (AvgIpc) is 3.00. The van der Waals surface area contributed by atoms with Gasteiger partial charge in [-0.25, -0.2) is 8.78 Å². The van der Waals surface area contributed by atoms with Crippen molar-refractivity contribution >= 4 is 11.6 Å². The van der Waals surface area contributed by atoms with E-state index in [1.54, 1.807) is 6.07 Å². The maximum Gasteiger partial charge on any atom is 0.263 e. The minimum absolute atomic E-state index is 0.0741. The SMILES string of the molecule is FC(F)c1ccc(C2CC2)c(CCl)c1. The average molecular weight is 217 g/mol. The van der Waals surface area contributed by atoms with Crippen LogP contribution in [-0.4, -0.2) is 0 Å². The van der Waals surface area contributed by atoms with E-state index in [2.05, 4.69) is 0 Å². The van der Waals surface area contributed by atoms with Crippen molar-refractivity contribution in [1.82, 2.24) is 0 Å². The molecule has 1 aromatic rings. The van der Waals surface area contributed by atoms with E-state index in [9.17, 15) is 8.78 Å². The molecular formula is C11H11ClF2. The molecule has 76 valence electrons. The van der Waals surface area contributed by atoms with Crippen LogP contribution in [0.5, 0.6) is 0 Å². The third kappa shape index (κ3) is 1.90. The molecule has 0 nitrogen and oxygen atoms in total. The van der Waals surface area contributed by atoms with Crippen LogP contribution in [0, 0.1) is 0 Å². The number of benzene rings is 1. The number of hydrogen-bond donors (Lipinski definition) is 0. The Morgan fingerprint density at radius 3 is 2.57 bits per heavy atom. The van der Waals surface area contributed by atoms with E-state index in [0.29, 0.717) is 11.8 Å². The monoisotopic (exact) mass is 216 g/mol. The molecule has 0 amide bonds. The van der Waals surface area contributed by atoms with Gasteiger partial charge in [0.05, 0.1) is 0 Å². The maximum atomic E-state index is 12.4. The zero-order valence-electron chi connectivity index (χ0n) is 7.64. The molecule has 0 N–H and O–H groups in total. The quantitative estimate of drug-likeness (QED) is 0.663. The molecule has 0 heterocycles. The highest BCUT2D eigenvalue weighted by molar-refractivity contribution is 6.17. The molecule has 14 heavy (non-hydrogen) atoms. The van der Waals surface area contributed by atoms with Crippen LogP contribution in [0.3, 0.4) is 0 Å². The predicted octanol–water partition coefficient (Wildman–Crippen LogP) is 4.24. The van der Waals surface area contributed by atoms with Crippen molar-refractivity contribution < 1.29 is 8.78 Å². The molecule has 1 saturated carbocycles. The highest BCUT2D eigenvalue weighted by atomic mass is 35.5. The maximum absolute atomic E-state index is 12.4. The Labute approximate surface area is 86.9 Å². The molecule has 3 heteroatoms. The molecule has 0 aromatic heterocycles. The van der Waals surface area contributed by atoms with Gasteiger partial charge in [0.1, 0.15) is 0 Å². The molecule has 0 atom stereocenters. The van der Waals surface area contributed by atoms with Crippen LogP contribution < -0.4 is 0 Å². The first kappa shape index (κ1) is 9.91. The van der Waals surface area contributed by atoms with Crippen LogP contribution in [-0.2, 0) is 5.88 Å². The van der Waals surface area contributed by atoms with E-state index in [0.717, 1.165) is 24.0 Å². The first-order chi connectivity index (χ1) is 6.72. The molecule has 1 aliphatic rings. The Bertz CT molecular complexity index is 332. The van der Waals surface area contributed by atoms with Gasteiger partial charge < -0.3 is 0 Å². The summed E-state index contributed by atoms with van der Waals surface area (Å²) >= 11 is 5.74. The Kier molecular flexibility index (Phi) is 2.73. The normalized spacial score (nSPS) is 16.3. The molecule has 0 spiro atoms. The molecule has 1 aromatic carbocycles. The van der Waals surface area contributed by atoms with Gasteiger partial charge in [-0.15, -0.1) is 11.6 Å². The Hall–Kier alpha value is -0.630. The molecule has 1 fully saturated rings. The van der Waals surface area contributed by atoms with E-state index in [1.165, 1.54) is 12.1 Å². The predicted molar refractivity (Wildman–Crippen MR) is 52.9 cm³/mol. The number of hydrogen-bond acceptors (Lipinski definition) is 0. The lowest BCUT2D eigenvalue weighted by molar-refractivity contribution is 0.151. The van der Waals surface area contributed by atoms with Crippen molar-refractivity contribution in [2.75, 3.05) is 0 Å². The van der Waals surface area contributed by atoms with Gasteiger partial charge >= 0.3 is 0 Å².